The Hall–Kier alpha value is -1.20. The normalized spacial score (nSPS) is 25.0. The third kappa shape index (κ3) is 2.25. The van der Waals surface area contributed by atoms with Crippen LogP contribution in [0.4, 0.5) is 5.82 Å². The second-order valence-electron chi connectivity index (χ2n) is 4.62. The van der Waals surface area contributed by atoms with Gasteiger partial charge in [-0.2, -0.15) is 0 Å². The topological polar surface area (TPSA) is 63.8 Å². The van der Waals surface area contributed by atoms with E-state index in [2.05, 4.69) is 26.7 Å². The molecule has 1 saturated carbocycles. The fraction of sp³-hybridized carbons (Fsp3) is 0.500. The van der Waals surface area contributed by atoms with Crippen LogP contribution in [0.2, 0.25) is 0 Å². The fourth-order valence-electron chi connectivity index (χ4n) is 2.36. The second kappa shape index (κ2) is 4.58. The number of hydrogen-bond donors (Lipinski definition) is 2. The monoisotopic (exact) mass is 248 g/mol. The minimum atomic E-state index is 0.389. The van der Waals surface area contributed by atoms with Crippen molar-refractivity contribution < 1.29 is 0 Å². The van der Waals surface area contributed by atoms with Crippen LogP contribution in [0.3, 0.4) is 0 Å². The molecule has 2 aromatic heterocycles. The lowest BCUT2D eigenvalue weighted by Crippen LogP contribution is -2.33. The molecule has 0 saturated heterocycles. The Labute approximate surface area is 104 Å². The molecule has 90 valence electrons. The first-order valence-corrected chi connectivity index (χ1v) is 6.91. The van der Waals surface area contributed by atoms with E-state index in [-0.39, 0.29) is 0 Å². The first-order chi connectivity index (χ1) is 8.33. The summed E-state index contributed by atoms with van der Waals surface area (Å²) in [5.41, 5.74) is 5.91. The summed E-state index contributed by atoms with van der Waals surface area (Å²) in [5.74, 6) is 0.969. The van der Waals surface area contributed by atoms with Gasteiger partial charge in [-0.1, -0.05) is 0 Å². The van der Waals surface area contributed by atoms with E-state index in [1.54, 1.807) is 17.7 Å². The van der Waals surface area contributed by atoms with Crippen LogP contribution >= 0.6 is 11.3 Å². The lowest BCUT2D eigenvalue weighted by Gasteiger charge is -2.27. The van der Waals surface area contributed by atoms with Crippen LogP contribution < -0.4 is 11.1 Å². The number of fused-ring (bicyclic) bond motifs is 1. The molecule has 3 rings (SSSR count). The highest BCUT2D eigenvalue weighted by atomic mass is 32.1. The SMILES string of the molecule is NC1CCC(Nc2ncnc3sccc23)CC1. The first kappa shape index (κ1) is 10.9. The lowest BCUT2D eigenvalue weighted by atomic mass is 9.92. The minimum Gasteiger partial charge on any atom is -0.367 e. The second-order valence-corrected chi connectivity index (χ2v) is 5.51. The zero-order chi connectivity index (χ0) is 11.7. The van der Waals surface area contributed by atoms with Crippen LogP contribution in [-0.4, -0.2) is 22.1 Å². The number of aromatic nitrogens is 2. The minimum absolute atomic E-state index is 0.389. The van der Waals surface area contributed by atoms with Crippen molar-refractivity contribution in [2.45, 2.75) is 37.8 Å². The molecule has 1 fully saturated rings. The van der Waals surface area contributed by atoms with E-state index >= 15 is 0 Å². The van der Waals surface area contributed by atoms with Crippen molar-refractivity contribution in [3.05, 3.63) is 17.8 Å². The molecule has 0 unspecified atom stereocenters. The number of thiophene rings is 1. The zero-order valence-corrected chi connectivity index (χ0v) is 10.4. The van der Waals surface area contributed by atoms with Gasteiger partial charge in [0, 0.05) is 12.1 Å². The highest BCUT2D eigenvalue weighted by Gasteiger charge is 2.19. The maximum absolute atomic E-state index is 5.91. The summed E-state index contributed by atoms with van der Waals surface area (Å²) in [4.78, 5) is 9.65. The van der Waals surface area contributed by atoms with Gasteiger partial charge in [0.1, 0.15) is 17.0 Å². The standard InChI is InChI=1S/C12H16N4S/c13-8-1-3-9(4-2-8)16-11-10-5-6-17-12(10)15-7-14-11/h5-9H,1-4,13H2,(H,14,15,16). The Balaban J connectivity index is 1.78. The van der Waals surface area contributed by atoms with Crippen LogP contribution in [0.1, 0.15) is 25.7 Å². The maximum Gasteiger partial charge on any atom is 0.138 e. The molecule has 0 radical (unpaired) electrons. The molecule has 1 aliphatic carbocycles. The fourth-order valence-corrected chi connectivity index (χ4v) is 3.09. The third-order valence-electron chi connectivity index (χ3n) is 3.37. The Kier molecular flexibility index (Phi) is 2.94. The Morgan fingerprint density at radius 2 is 2.06 bits per heavy atom. The van der Waals surface area contributed by atoms with E-state index < -0.39 is 0 Å². The van der Waals surface area contributed by atoms with Gasteiger partial charge in [-0.05, 0) is 37.1 Å². The van der Waals surface area contributed by atoms with E-state index in [0.29, 0.717) is 12.1 Å². The van der Waals surface area contributed by atoms with Crippen molar-refractivity contribution in [2.24, 2.45) is 5.73 Å². The summed E-state index contributed by atoms with van der Waals surface area (Å²) in [5, 5.41) is 6.72. The number of rotatable bonds is 2. The van der Waals surface area contributed by atoms with Gasteiger partial charge in [0.2, 0.25) is 0 Å². The Morgan fingerprint density at radius 3 is 2.88 bits per heavy atom. The molecule has 0 spiro atoms. The molecular weight excluding hydrogens is 232 g/mol. The predicted molar refractivity (Wildman–Crippen MR) is 71.3 cm³/mol. The van der Waals surface area contributed by atoms with Crippen LogP contribution in [0, 0.1) is 0 Å². The van der Waals surface area contributed by atoms with Gasteiger partial charge in [-0.15, -0.1) is 11.3 Å². The summed E-state index contributed by atoms with van der Waals surface area (Å²) < 4.78 is 0. The molecule has 2 heterocycles. The average molecular weight is 248 g/mol. The van der Waals surface area contributed by atoms with E-state index in [1.165, 1.54) is 0 Å². The number of nitrogens with one attached hydrogen (secondary N) is 1. The van der Waals surface area contributed by atoms with Gasteiger partial charge < -0.3 is 11.1 Å². The zero-order valence-electron chi connectivity index (χ0n) is 9.60. The van der Waals surface area contributed by atoms with Crippen LogP contribution in [0.5, 0.6) is 0 Å². The molecule has 4 nitrogen and oxygen atoms in total. The summed E-state index contributed by atoms with van der Waals surface area (Å²) in [6, 6.07) is 2.98. The number of anilines is 1. The van der Waals surface area contributed by atoms with Gasteiger partial charge >= 0.3 is 0 Å². The van der Waals surface area contributed by atoms with Crippen molar-refractivity contribution in [1.29, 1.82) is 0 Å². The Morgan fingerprint density at radius 1 is 1.24 bits per heavy atom. The number of nitrogens with zero attached hydrogens (tertiary/aromatic N) is 2. The largest absolute Gasteiger partial charge is 0.367 e. The quantitative estimate of drug-likeness (QED) is 0.856. The Bertz CT molecular complexity index is 502. The molecule has 3 N–H and O–H groups in total. The molecule has 0 amide bonds. The van der Waals surface area contributed by atoms with Gasteiger partial charge in [0.15, 0.2) is 0 Å². The third-order valence-corrected chi connectivity index (χ3v) is 4.20. The van der Waals surface area contributed by atoms with E-state index in [0.717, 1.165) is 41.7 Å². The van der Waals surface area contributed by atoms with Crippen LogP contribution in [-0.2, 0) is 0 Å². The van der Waals surface area contributed by atoms with Gasteiger partial charge in [-0.3, -0.25) is 0 Å². The number of hydrogen-bond acceptors (Lipinski definition) is 5. The lowest BCUT2D eigenvalue weighted by molar-refractivity contribution is 0.410. The summed E-state index contributed by atoms with van der Waals surface area (Å²) >= 11 is 1.65. The molecule has 0 atom stereocenters. The molecular formula is C12H16N4S. The predicted octanol–water partition coefficient (Wildman–Crippen LogP) is 2.37. The summed E-state index contributed by atoms with van der Waals surface area (Å²) in [6.45, 7) is 0. The summed E-state index contributed by atoms with van der Waals surface area (Å²) in [7, 11) is 0. The average Bonchev–Trinajstić information content (AvgIpc) is 2.81. The molecule has 0 aliphatic heterocycles. The van der Waals surface area contributed by atoms with E-state index in [1.807, 2.05) is 0 Å². The highest BCUT2D eigenvalue weighted by molar-refractivity contribution is 7.16. The first-order valence-electron chi connectivity index (χ1n) is 6.03. The highest BCUT2D eigenvalue weighted by Crippen LogP contribution is 2.26. The molecule has 5 heteroatoms. The van der Waals surface area contributed by atoms with Crippen LogP contribution in [0.25, 0.3) is 10.2 Å². The van der Waals surface area contributed by atoms with Gasteiger partial charge in [0.05, 0.1) is 5.39 Å². The van der Waals surface area contributed by atoms with E-state index in [4.69, 9.17) is 5.73 Å². The van der Waals surface area contributed by atoms with Gasteiger partial charge in [0.25, 0.3) is 0 Å². The number of nitrogens with two attached hydrogens (primary N) is 1. The van der Waals surface area contributed by atoms with Gasteiger partial charge in [-0.25, -0.2) is 9.97 Å². The molecule has 17 heavy (non-hydrogen) atoms. The maximum atomic E-state index is 5.91. The molecule has 1 aliphatic rings. The molecule has 0 aromatic carbocycles. The van der Waals surface area contributed by atoms with Crippen molar-refractivity contribution in [3.63, 3.8) is 0 Å². The van der Waals surface area contributed by atoms with Crippen molar-refractivity contribution in [1.82, 2.24) is 9.97 Å². The molecule has 2 aromatic rings. The van der Waals surface area contributed by atoms with Crippen molar-refractivity contribution in [3.8, 4) is 0 Å². The van der Waals surface area contributed by atoms with Crippen LogP contribution in [0.15, 0.2) is 17.8 Å². The van der Waals surface area contributed by atoms with Crippen molar-refractivity contribution >= 4 is 27.4 Å². The van der Waals surface area contributed by atoms with Crippen molar-refractivity contribution in [2.75, 3.05) is 5.32 Å². The van der Waals surface area contributed by atoms with E-state index in [9.17, 15) is 0 Å². The molecule has 0 bridgehead atoms. The smallest absolute Gasteiger partial charge is 0.138 e. The summed E-state index contributed by atoms with van der Waals surface area (Å²) in [6.07, 6.45) is 6.12.